The summed E-state index contributed by atoms with van der Waals surface area (Å²) in [7, 11) is 0. The van der Waals surface area contributed by atoms with Crippen molar-refractivity contribution in [3.05, 3.63) is 58.3 Å². The average Bonchev–Trinajstić information content (AvgIpc) is 3.48. The van der Waals surface area contributed by atoms with Crippen LogP contribution in [0.1, 0.15) is 133 Å². The maximum absolute atomic E-state index is 13.4. The molecule has 0 radical (unpaired) electrons. The molecular formula is C44H57ClO7. The number of esters is 2. The predicted molar refractivity (Wildman–Crippen MR) is 199 cm³/mol. The van der Waals surface area contributed by atoms with Gasteiger partial charge in [0.05, 0.1) is 6.61 Å². The molecule has 8 heteroatoms. The number of ether oxygens (including phenoxy) is 3. The fraction of sp³-hybridized carbons (Fsp3) is 0.682. The first-order valence-corrected chi connectivity index (χ1v) is 20.0. The fourth-order valence-electron chi connectivity index (χ4n) is 13.8. The Morgan fingerprint density at radius 2 is 1.50 bits per heavy atom. The van der Waals surface area contributed by atoms with E-state index in [0.29, 0.717) is 35.5 Å². The second-order valence-electron chi connectivity index (χ2n) is 18.7. The highest BCUT2D eigenvalue weighted by atomic mass is 35.5. The first kappa shape index (κ1) is 37.4. The van der Waals surface area contributed by atoms with Gasteiger partial charge in [0.1, 0.15) is 17.7 Å². The van der Waals surface area contributed by atoms with Crippen LogP contribution >= 0.6 is 11.6 Å². The molecule has 0 aromatic heterocycles. The van der Waals surface area contributed by atoms with Gasteiger partial charge in [-0.3, -0.25) is 19.2 Å². The zero-order valence-electron chi connectivity index (χ0n) is 32.2. The molecule has 0 aliphatic heterocycles. The van der Waals surface area contributed by atoms with Gasteiger partial charge in [0.25, 0.3) is 0 Å². The lowest BCUT2D eigenvalue weighted by molar-refractivity contribution is -0.252. The average molecular weight is 733 g/mol. The number of ketones is 2. The molecule has 5 fully saturated rings. The minimum Gasteiger partial charge on any atom is -0.483 e. The van der Waals surface area contributed by atoms with Crippen molar-refractivity contribution in [3.63, 3.8) is 0 Å². The van der Waals surface area contributed by atoms with Crippen molar-refractivity contribution in [1.82, 2.24) is 0 Å². The highest BCUT2D eigenvalue weighted by molar-refractivity contribution is 6.49. The van der Waals surface area contributed by atoms with Crippen LogP contribution in [0.25, 0.3) is 0 Å². The third kappa shape index (κ3) is 5.40. The number of halogens is 1. The summed E-state index contributed by atoms with van der Waals surface area (Å²) in [5, 5.41) is -0.183. The summed E-state index contributed by atoms with van der Waals surface area (Å²) in [6.45, 7) is 20.5. The van der Waals surface area contributed by atoms with Gasteiger partial charge < -0.3 is 14.2 Å². The molecule has 7 rings (SSSR count). The van der Waals surface area contributed by atoms with Crippen LogP contribution in [-0.2, 0) is 23.8 Å². The Morgan fingerprint density at radius 1 is 0.808 bits per heavy atom. The number of hydrogen-bond acceptors (Lipinski definition) is 7. The van der Waals surface area contributed by atoms with Crippen LogP contribution in [-0.4, -0.2) is 42.8 Å². The maximum atomic E-state index is 13.4. The summed E-state index contributed by atoms with van der Waals surface area (Å²) in [5.41, 5.74) is 1.59. The zero-order chi connectivity index (χ0) is 37.6. The molecule has 0 spiro atoms. The Kier molecular flexibility index (Phi) is 9.23. The highest BCUT2D eigenvalue weighted by Crippen LogP contribution is 2.77. The van der Waals surface area contributed by atoms with Crippen LogP contribution in [0.15, 0.2) is 47.2 Å². The van der Waals surface area contributed by atoms with Gasteiger partial charge >= 0.3 is 11.9 Å². The number of Topliss-reactive ketones (excluding diaryl/α,β-unsaturated/α-hetero) is 2. The molecule has 0 saturated heterocycles. The van der Waals surface area contributed by atoms with Crippen molar-refractivity contribution in [1.29, 1.82) is 0 Å². The van der Waals surface area contributed by atoms with Gasteiger partial charge in [0.2, 0.25) is 11.6 Å². The molecule has 0 N–H and O–H groups in total. The molecule has 0 bridgehead atoms. The molecule has 1 aromatic rings. The van der Waals surface area contributed by atoms with Gasteiger partial charge in [0, 0.05) is 35.8 Å². The Morgan fingerprint density at radius 3 is 2.17 bits per heavy atom. The van der Waals surface area contributed by atoms with E-state index < -0.39 is 5.78 Å². The van der Waals surface area contributed by atoms with Gasteiger partial charge in [-0.25, -0.2) is 0 Å². The molecule has 0 heterocycles. The molecule has 6 aliphatic rings. The number of carbonyl (C=O) groups excluding carboxylic acids is 4. The van der Waals surface area contributed by atoms with Crippen LogP contribution in [0.3, 0.4) is 0 Å². The van der Waals surface area contributed by atoms with Gasteiger partial charge in [-0.2, -0.15) is 0 Å². The third-order valence-corrected chi connectivity index (χ3v) is 16.7. The lowest BCUT2D eigenvalue weighted by Crippen LogP contribution is -2.67. The summed E-state index contributed by atoms with van der Waals surface area (Å²) in [4.78, 5) is 50.9. The number of fused-ring (bicyclic) bond motifs is 8. The summed E-state index contributed by atoms with van der Waals surface area (Å²) >= 11 is 6.48. The predicted octanol–water partition coefficient (Wildman–Crippen LogP) is 9.67. The van der Waals surface area contributed by atoms with E-state index in [-0.39, 0.29) is 80.1 Å². The van der Waals surface area contributed by atoms with Crippen LogP contribution in [0.4, 0.5) is 0 Å². The van der Waals surface area contributed by atoms with Crippen LogP contribution in [0.5, 0.6) is 0 Å². The molecule has 282 valence electrons. The van der Waals surface area contributed by atoms with E-state index in [2.05, 4.69) is 41.2 Å². The smallest absolute Gasteiger partial charge is 0.302 e. The van der Waals surface area contributed by atoms with Crippen LogP contribution in [0.2, 0.25) is 0 Å². The zero-order valence-corrected chi connectivity index (χ0v) is 33.0. The van der Waals surface area contributed by atoms with Crippen molar-refractivity contribution in [2.24, 2.45) is 56.7 Å². The van der Waals surface area contributed by atoms with E-state index in [0.717, 1.165) is 69.8 Å². The van der Waals surface area contributed by atoms with Gasteiger partial charge in [-0.15, -0.1) is 0 Å². The van der Waals surface area contributed by atoms with Crippen LogP contribution in [0, 0.1) is 56.7 Å². The molecule has 6 aliphatic carbocycles. The first-order valence-electron chi connectivity index (χ1n) is 19.6. The number of hydrogen-bond donors (Lipinski definition) is 0. The van der Waals surface area contributed by atoms with E-state index in [1.54, 1.807) is 24.3 Å². The minimum absolute atomic E-state index is 0.0502. The van der Waals surface area contributed by atoms with Gasteiger partial charge in [-0.05, 0) is 116 Å². The minimum atomic E-state index is -0.404. The SMILES string of the molecule is C=C(COC1=C(Cl)C(=O)c2ccccc2C1=O)[C@@H]1CC[C@]2(COC(C)=O)CC[C@]3(C)[C@H](CC[C@@H]4[C@@]5(C)CC[C@H](OC(C)=O)C(C)(C)[C@@H]5CC[C@]43C)[C@@H]12. The lowest BCUT2D eigenvalue weighted by atomic mass is 9.32. The molecular weight excluding hydrogens is 676 g/mol. The molecule has 1 aromatic carbocycles. The van der Waals surface area contributed by atoms with Crippen molar-refractivity contribution >= 4 is 35.1 Å². The Labute approximate surface area is 314 Å². The second kappa shape index (κ2) is 12.8. The monoisotopic (exact) mass is 732 g/mol. The molecule has 5 saturated carbocycles. The van der Waals surface area contributed by atoms with E-state index in [1.807, 2.05) is 0 Å². The fourth-order valence-corrected chi connectivity index (χ4v) is 14.0. The van der Waals surface area contributed by atoms with E-state index in [1.165, 1.54) is 13.8 Å². The number of allylic oxidation sites excluding steroid dienone is 2. The third-order valence-electron chi connectivity index (χ3n) is 16.4. The van der Waals surface area contributed by atoms with Crippen molar-refractivity contribution in [3.8, 4) is 0 Å². The van der Waals surface area contributed by atoms with Crippen molar-refractivity contribution in [2.45, 2.75) is 119 Å². The number of carbonyl (C=O) groups is 4. The Bertz CT molecular complexity index is 1740. The van der Waals surface area contributed by atoms with Gasteiger partial charge in [0.15, 0.2) is 5.76 Å². The molecule has 52 heavy (non-hydrogen) atoms. The highest BCUT2D eigenvalue weighted by Gasteiger charge is 2.71. The molecule has 0 amide bonds. The lowest BCUT2D eigenvalue weighted by Gasteiger charge is -2.73. The summed E-state index contributed by atoms with van der Waals surface area (Å²) in [6, 6.07) is 6.71. The largest absolute Gasteiger partial charge is 0.483 e. The van der Waals surface area contributed by atoms with E-state index in [4.69, 9.17) is 25.8 Å². The quantitative estimate of drug-likeness (QED) is 0.204. The topological polar surface area (TPSA) is 96.0 Å². The summed E-state index contributed by atoms with van der Waals surface area (Å²) < 4.78 is 18.0. The molecule has 0 unspecified atom stereocenters. The first-order chi connectivity index (χ1) is 24.4. The van der Waals surface area contributed by atoms with Crippen molar-refractivity contribution < 1.29 is 33.4 Å². The Balaban J connectivity index is 1.18. The summed E-state index contributed by atoms with van der Waals surface area (Å²) in [5.74, 6) is 0.474. The van der Waals surface area contributed by atoms with E-state index in [9.17, 15) is 19.2 Å². The van der Waals surface area contributed by atoms with Gasteiger partial charge in [-0.1, -0.05) is 77.1 Å². The second-order valence-corrected chi connectivity index (χ2v) is 19.1. The van der Waals surface area contributed by atoms with Crippen LogP contribution < -0.4 is 0 Å². The standard InChI is InChI=1S/C44H57ClO7/c1-25(23-50-39-36(45)37(48)29-11-9-10-12-30(29)38(39)49)28-15-20-44(24-51-26(2)46)22-21-42(7)31(35(28)44)13-14-33-41(6)18-17-34(52-27(3)47)40(4,5)32(41)16-19-43(33,42)8/h9-12,28,31-35H,1,13-24H2,2-8H3/t28-,31+,32-,33+,34-,35+,41-,42+,43+,44+/m0/s1. The number of benzene rings is 1. The summed E-state index contributed by atoms with van der Waals surface area (Å²) in [6.07, 6.45) is 10.4. The maximum Gasteiger partial charge on any atom is 0.302 e. The molecule has 7 nitrogen and oxygen atoms in total. The normalized spacial score (nSPS) is 40.4. The van der Waals surface area contributed by atoms with Crippen molar-refractivity contribution in [2.75, 3.05) is 13.2 Å². The van der Waals surface area contributed by atoms with E-state index >= 15 is 0 Å². The Hall–Kier alpha value is -2.93. The number of rotatable bonds is 7. The molecule has 10 atom stereocenters.